The Kier molecular flexibility index (Phi) is 12.7. The molecule has 50 valence electrons. The molecule has 0 aromatic heterocycles. The monoisotopic (exact) mass is 117 g/mol. The summed E-state index contributed by atoms with van der Waals surface area (Å²) in [6.45, 7) is 7.65. The van der Waals surface area contributed by atoms with Gasteiger partial charge in [-0.3, -0.25) is 0 Å². The molecule has 0 bridgehead atoms. The van der Waals surface area contributed by atoms with Crippen LogP contribution in [0.15, 0.2) is 11.8 Å². The number of allylic oxidation sites excluding steroid dienone is 2. The third kappa shape index (κ3) is 9.09. The maximum absolute atomic E-state index is 4.71. The Labute approximate surface area is 51.3 Å². The van der Waals surface area contributed by atoms with Gasteiger partial charge >= 0.3 is 0 Å². The molecular weight excluding hydrogens is 102 g/mol. The number of hydrogen-bond acceptors (Lipinski definition) is 2. The first kappa shape index (κ1) is 10.5. The molecule has 2 nitrogen and oxygen atoms in total. The second-order valence-corrected chi connectivity index (χ2v) is 1.02. The largest absolute Gasteiger partial charge is 0.417 e. The van der Waals surface area contributed by atoms with Crippen LogP contribution in [0.2, 0.25) is 0 Å². The topological polar surface area (TPSA) is 35.2 Å². The third-order valence-corrected chi connectivity index (χ3v) is 0.592. The molecule has 0 atom stereocenters. The van der Waals surface area contributed by atoms with Gasteiger partial charge in [-0.15, -0.1) is 0 Å². The van der Waals surface area contributed by atoms with Crippen LogP contribution in [0.3, 0.4) is 0 Å². The van der Waals surface area contributed by atoms with Crippen molar-refractivity contribution < 1.29 is 4.84 Å². The molecule has 0 amide bonds. The predicted octanol–water partition coefficient (Wildman–Crippen LogP) is 1.83. The Hall–Kier alpha value is -0.500. The molecule has 0 saturated heterocycles. The molecule has 0 aromatic carbocycles. The van der Waals surface area contributed by atoms with E-state index in [-0.39, 0.29) is 0 Å². The number of nitrogens with two attached hydrogens (primary N) is 1. The summed E-state index contributed by atoms with van der Waals surface area (Å²) >= 11 is 0. The predicted molar refractivity (Wildman–Crippen MR) is 36.1 cm³/mol. The van der Waals surface area contributed by atoms with E-state index < -0.39 is 0 Å². The minimum Gasteiger partial charge on any atom is -0.417 e. The molecule has 2 N–H and O–H groups in total. The van der Waals surface area contributed by atoms with E-state index in [2.05, 4.69) is 4.84 Å². The zero-order valence-electron chi connectivity index (χ0n) is 6.06. The first-order chi connectivity index (χ1) is 3.81. The molecule has 0 fully saturated rings. The molecule has 0 aliphatic carbocycles. The summed E-state index contributed by atoms with van der Waals surface area (Å²) in [5.41, 5.74) is 0. The summed E-state index contributed by atoms with van der Waals surface area (Å²) in [7, 11) is 0. The van der Waals surface area contributed by atoms with Gasteiger partial charge in [-0.25, -0.2) is 0 Å². The van der Waals surface area contributed by atoms with Crippen LogP contribution in [0.1, 0.15) is 27.7 Å². The minimum atomic E-state index is 0.745. The maximum atomic E-state index is 4.71. The van der Waals surface area contributed by atoms with Crippen LogP contribution in [0, 0.1) is 0 Å². The average molecular weight is 117 g/mol. The van der Waals surface area contributed by atoms with Crippen LogP contribution in [-0.2, 0) is 4.84 Å². The zero-order chi connectivity index (χ0) is 6.99. The molecule has 2 heteroatoms. The minimum absolute atomic E-state index is 0.745. The fraction of sp³-hybridized carbons (Fsp3) is 0.667. The van der Waals surface area contributed by atoms with Crippen molar-refractivity contribution in [2.24, 2.45) is 5.90 Å². The van der Waals surface area contributed by atoms with Crippen molar-refractivity contribution in [1.29, 1.82) is 0 Å². The standard InChI is InChI=1S/C4H9NO.C2H6/c1-3-4(2)6-5;1-2/h3H,5H2,1-2H3;1-2H3/b4-3-;. The van der Waals surface area contributed by atoms with Crippen LogP contribution < -0.4 is 5.90 Å². The van der Waals surface area contributed by atoms with Crippen LogP contribution in [0.25, 0.3) is 0 Å². The van der Waals surface area contributed by atoms with Gasteiger partial charge in [0.2, 0.25) is 0 Å². The van der Waals surface area contributed by atoms with E-state index in [4.69, 9.17) is 5.90 Å². The van der Waals surface area contributed by atoms with Crippen LogP contribution in [-0.4, -0.2) is 0 Å². The summed E-state index contributed by atoms with van der Waals surface area (Å²) in [6, 6.07) is 0. The highest BCUT2D eigenvalue weighted by Crippen LogP contribution is 1.84. The molecule has 0 aliphatic rings. The lowest BCUT2D eigenvalue weighted by atomic mass is 10.5. The first-order valence-electron chi connectivity index (χ1n) is 2.81. The highest BCUT2D eigenvalue weighted by molar-refractivity contribution is 4.82. The average Bonchev–Trinajstić information content (AvgIpc) is 1.91. The van der Waals surface area contributed by atoms with Crippen molar-refractivity contribution in [3.05, 3.63) is 11.8 Å². The van der Waals surface area contributed by atoms with Crippen LogP contribution in [0.4, 0.5) is 0 Å². The molecule has 0 aromatic rings. The van der Waals surface area contributed by atoms with Crippen molar-refractivity contribution in [3.63, 3.8) is 0 Å². The van der Waals surface area contributed by atoms with E-state index in [1.54, 1.807) is 13.0 Å². The molecule has 0 aliphatic heterocycles. The Bertz CT molecular complexity index is 59.5. The van der Waals surface area contributed by atoms with E-state index in [9.17, 15) is 0 Å². The quantitative estimate of drug-likeness (QED) is 0.420. The SMILES string of the molecule is C/C=C(/C)ON.CC. The summed E-state index contributed by atoms with van der Waals surface area (Å²) in [5, 5.41) is 0. The first-order valence-corrected chi connectivity index (χ1v) is 2.81. The van der Waals surface area contributed by atoms with Crippen molar-refractivity contribution in [1.82, 2.24) is 0 Å². The van der Waals surface area contributed by atoms with E-state index in [1.807, 2.05) is 20.8 Å². The van der Waals surface area contributed by atoms with Crippen molar-refractivity contribution in [3.8, 4) is 0 Å². The lowest BCUT2D eigenvalue weighted by Crippen LogP contribution is -1.93. The van der Waals surface area contributed by atoms with E-state index in [0.717, 1.165) is 5.76 Å². The lowest BCUT2D eigenvalue weighted by molar-refractivity contribution is 0.222. The highest BCUT2D eigenvalue weighted by Gasteiger charge is 1.73. The van der Waals surface area contributed by atoms with Gasteiger partial charge < -0.3 is 4.84 Å². The number of rotatable bonds is 1. The van der Waals surface area contributed by atoms with Gasteiger partial charge in [0.1, 0.15) is 5.76 Å². The van der Waals surface area contributed by atoms with Gasteiger partial charge in [-0.1, -0.05) is 13.8 Å². The molecule has 0 radical (unpaired) electrons. The Morgan fingerprint density at radius 1 is 1.50 bits per heavy atom. The molecule has 8 heavy (non-hydrogen) atoms. The normalized spacial score (nSPS) is 9.38. The fourth-order valence-corrected chi connectivity index (χ4v) is 0.0680. The second kappa shape index (κ2) is 9.71. The van der Waals surface area contributed by atoms with E-state index >= 15 is 0 Å². The summed E-state index contributed by atoms with van der Waals surface area (Å²) < 4.78 is 0. The van der Waals surface area contributed by atoms with Crippen LogP contribution in [0.5, 0.6) is 0 Å². The fourth-order valence-electron chi connectivity index (χ4n) is 0.0680. The molecule has 0 saturated carbocycles. The Morgan fingerprint density at radius 3 is 1.88 bits per heavy atom. The summed E-state index contributed by atoms with van der Waals surface area (Å²) in [4.78, 5) is 4.26. The van der Waals surface area contributed by atoms with Gasteiger partial charge in [0.05, 0.1) is 0 Å². The molecule has 0 spiro atoms. The van der Waals surface area contributed by atoms with Gasteiger partial charge in [0.25, 0.3) is 0 Å². The smallest absolute Gasteiger partial charge is 0.116 e. The lowest BCUT2D eigenvalue weighted by Gasteiger charge is -1.90. The molecule has 0 rings (SSSR count). The maximum Gasteiger partial charge on any atom is 0.116 e. The molecule has 0 unspecified atom stereocenters. The van der Waals surface area contributed by atoms with Crippen LogP contribution >= 0.6 is 0 Å². The van der Waals surface area contributed by atoms with Crippen molar-refractivity contribution >= 4 is 0 Å². The Morgan fingerprint density at radius 2 is 1.88 bits per heavy atom. The van der Waals surface area contributed by atoms with Gasteiger partial charge in [0, 0.05) is 0 Å². The summed E-state index contributed by atoms with van der Waals surface area (Å²) in [5.74, 6) is 5.46. The zero-order valence-corrected chi connectivity index (χ0v) is 6.06. The van der Waals surface area contributed by atoms with Crippen molar-refractivity contribution in [2.75, 3.05) is 0 Å². The van der Waals surface area contributed by atoms with Gasteiger partial charge in [-0.05, 0) is 19.9 Å². The van der Waals surface area contributed by atoms with Gasteiger partial charge in [-0.2, -0.15) is 5.90 Å². The summed E-state index contributed by atoms with van der Waals surface area (Å²) in [6.07, 6.45) is 1.79. The van der Waals surface area contributed by atoms with Gasteiger partial charge in [0.15, 0.2) is 0 Å². The van der Waals surface area contributed by atoms with E-state index in [0.29, 0.717) is 0 Å². The van der Waals surface area contributed by atoms with Crippen molar-refractivity contribution in [2.45, 2.75) is 27.7 Å². The molecular formula is C6H15NO. The number of hydrogen-bond donors (Lipinski definition) is 1. The Balaban J connectivity index is 0. The highest BCUT2D eigenvalue weighted by atomic mass is 16.6. The second-order valence-electron chi connectivity index (χ2n) is 1.02. The molecule has 0 heterocycles. The third-order valence-electron chi connectivity index (χ3n) is 0.592. The van der Waals surface area contributed by atoms with E-state index in [1.165, 1.54) is 0 Å².